The van der Waals surface area contributed by atoms with E-state index in [9.17, 15) is 14.1 Å². The molecule has 2 aliphatic rings. The van der Waals surface area contributed by atoms with E-state index in [0.29, 0.717) is 37.0 Å². The number of anilines is 1. The third-order valence-electron chi connectivity index (χ3n) is 7.34. The van der Waals surface area contributed by atoms with E-state index in [1.165, 1.54) is 11.1 Å². The van der Waals surface area contributed by atoms with Crippen LogP contribution < -0.4 is 9.64 Å². The first kappa shape index (κ1) is 27.7. The molecule has 2 aromatic rings. The van der Waals surface area contributed by atoms with Crippen LogP contribution in [0.3, 0.4) is 0 Å². The standard InChI is InChI=1S/C29H37ClN2O4S/c1-20-6-5-8-26(33)13-15-37(35)31-29(34)23-10-12-28-27(17-23)32(18-21(20)2)19-24-9-11-25(30)16-22(24)7-3-4-14-36-28/h5,8-12,16-17,20-21,26,33,37H,3-4,6-7,13-15,18-19H2,1-2H3/b8-5+/t20-,21-,26+/m0/s1. The van der Waals surface area contributed by atoms with Crippen LogP contribution >= 0.6 is 11.6 Å². The number of allylic oxidation sites excluding steroid dienone is 1. The number of aliphatic hydroxyl groups excluding tert-OH is 1. The molecule has 2 aromatic carbocycles. The molecule has 1 N–H and O–H groups in total. The highest BCUT2D eigenvalue weighted by Gasteiger charge is 2.23. The van der Waals surface area contributed by atoms with Crippen LogP contribution in [-0.4, -0.2) is 40.2 Å². The van der Waals surface area contributed by atoms with Gasteiger partial charge >= 0.3 is 0 Å². The van der Waals surface area contributed by atoms with Crippen LogP contribution in [0.15, 0.2) is 52.9 Å². The van der Waals surface area contributed by atoms with Crippen molar-refractivity contribution in [3.63, 3.8) is 0 Å². The lowest BCUT2D eigenvalue weighted by atomic mass is 9.91. The minimum atomic E-state index is -2.10. The van der Waals surface area contributed by atoms with E-state index < -0.39 is 22.6 Å². The number of fused-ring (bicyclic) bond motifs is 2. The second-order valence-electron chi connectivity index (χ2n) is 10.2. The summed E-state index contributed by atoms with van der Waals surface area (Å²) in [5.74, 6) is 1.08. The highest BCUT2D eigenvalue weighted by molar-refractivity contribution is 7.75. The van der Waals surface area contributed by atoms with Crippen molar-refractivity contribution >= 4 is 33.8 Å². The average Bonchev–Trinajstić information content (AvgIpc) is 2.90. The number of hydrogen-bond acceptors (Lipinski definition) is 5. The van der Waals surface area contributed by atoms with Gasteiger partial charge in [0, 0.05) is 40.0 Å². The molecule has 37 heavy (non-hydrogen) atoms. The van der Waals surface area contributed by atoms with Gasteiger partial charge in [-0.25, -0.2) is 0 Å². The fraction of sp³-hybridized carbons (Fsp3) is 0.483. The molecule has 0 fully saturated rings. The Morgan fingerprint density at radius 1 is 1.11 bits per heavy atom. The molecule has 0 saturated heterocycles. The predicted molar refractivity (Wildman–Crippen MR) is 151 cm³/mol. The molecular weight excluding hydrogens is 508 g/mol. The van der Waals surface area contributed by atoms with Gasteiger partial charge in [-0.1, -0.05) is 43.7 Å². The third kappa shape index (κ3) is 7.59. The number of carbonyl (C=O) groups excluding carboxylic acids is 1. The Balaban J connectivity index is 1.81. The smallest absolute Gasteiger partial charge is 0.284 e. The number of ether oxygens (including phenoxy) is 1. The van der Waals surface area contributed by atoms with Gasteiger partial charge in [0.2, 0.25) is 0 Å². The van der Waals surface area contributed by atoms with Crippen molar-refractivity contribution in [1.82, 2.24) is 0 Å². The van der Waals surface area contributed by atoms with E-state index in [1.807, 2.05) is 24.3 Å². The molecule has 0 radical (unpaired) electrons. The lowest BCUT2D eigenvalue weighted by molar-refractivity contribution is 0.100. The average molecular weight is 545 g/mol. The molecule has 200 valence electrons. The normalized spacial score (nSPS) is 27.1. The highest BCUT2D eigenvalue weighted by atomic mass is 35.5. The molecule has 1 amide bonds. The van der Waals surface area contributed by atoms with Gasteiger partial charge in [-0.2, -0.15) is 4.36 Å². The van der Waals surface area contributed by atoms with Gasteiger partial charge in [0.05, 0.1) is 18.4 Å². The molecule has 0 aromatic heterocycles. The summed E-state index contributed by atoms with van der Waals surface area (Å²) >= 11 is 6.36. The van der Waals surface area contributed by atoms with Gasteiger partial charge in [0.15, 0.2) is 0 Å². The first-order chi connectivity index (χ1) is 17.8. The van der Waals surface area contributed by atoms with Crippen LogP contribution in [0.4, 0.5) is 5.69 Å². The van der Waals surface area contributed by atoms with E-state index in [-0.39, 0.29) is 5.75 Å². The van der Waals surface area contributed by atoms with Gasteiger partial charge in [-0.05, 0) is 85.4 Å². The molecule has 2 aliphatic heterocycles. The van der Waals surface area contributed by atoms with Crippen molar-refractivity contribution in [3.8, 4) is 5.75 Å². The van der Waals surface area contributed by atoms with E-state index in [4.69, 9.17) is 16.3 Å². The molecule has 0 aliphatic carbocycles. The van der Waals surface area contributed by atoms with Crippen molar-refractivity contribution in [2.24, 2.45) is 16.2 Å². The molecule has 4 rings (SSSR count). The van der Waals surface area contributed by atoms with E-state index in [0.717, 1.165) is 48.7 Å². The maximum atomic E-state index is 13.0. The van der Waals surface area contributed by atoms with Gasteiger partial charge in [-0.15, -0.1) is 0 Å². The summed E-state index contributed by atoms with van der Waals surface area (Å²) in [7, 11) is -2.10. The molecule has 4 atom stereocenters. The molecule has 2 bridgehead atoms. The lowest BCUT2D eigenvalue weighted by Gasteiger charge is -2.32. The lowest BCUT2D eigenvalue weighted by Crippen LogP contribution is -2.31. The molecule has 0 spiro atoms. The first-order valence-corrected chi connectivity index (χ1v) is 14.9. The van der Waals surface area contributed by atoms with Gasteiger partial charge in [-0.3, -0.25) is 9.00 Å². The summed E-state index contributed by atoms with van der Waals surface area (Å²) in [4.78, 5) is 15.3. The highest BCUT2D eigenvalue weighted by Crippen LogP contribution is 2.35. The number of halogens is 1. The van der Waals surface area contributed by atoms with E-state index >= 15 is 0 Å². The fourth-order valence-electron chi connectivity index (χ4n) is 4.81. The minimum absolute atomic E-state index is 0.165. The summed E-state index contributed by atoms with van der Waals surface area (Å²) in [6.07, 6.45) is 7.05. The summed E-state index contributed by atoms with van der Waals surface area (Å²) in [5, 5.41) is 11.0. The Labute approximate surface area is 226 Å². The third-order valence-corrected chi connectivity index (χ3v) is 8.62. The van der Waals surface area contributed by atoms with E-state index in [1.54, 1.807) is 12.1 Å². The summed E-state index contributed by atoms with van der Waals surface area (Å²) in [6.45, 7) is 6.44. The Morgan fingerprint density at radius 3 is 2.78 bits per heavy atom. The Hall–Kier alpha value is -2.35. The molecule has 1 unspecified atom stereocenters. The van der Waals surface area contributed by atoms with Gasteiger partial charge in [0.1, 0.15) is 5.75 Å². The van der Waals surface area contributed by atoms with Gasteiger partial charge in [0.25, 0.3) is 5.91 Å². The summed E-state index contributed by atoms with van der Waals surface area (Å²) in [5.41, 5.74) is 3.67. The molecule has 2 heterocycles. The van der Waals surface area contributed by atoms with Crippen LogP contribution in [0.1, 0.15) is 61.0 Å². The quantitative estimate of drug-likeness (QED) is 0.321. The Kier molecular flexibility index (Phi) is 9.68. The number of hydrogen-bond donors (Lipinski definition) is 2. The number of aryl methyl sites for hydroxylation is 1. The molecule has 6 nitrogen and oxygen atoms in total. The van der Waals surface area contributed by atoms with Crippen molar-refractivity contribution in [2.75, 3.05) is 23.8 Å². The van der Waals surface area contributed by atoms with Crippen LogP contribution in [0.5, 0.6) is 5.75 Å². The number of carbonyl (C=O) groups is 1. The number of amides is 1. The number of rotatable bonds is 0. The maximum Gasteiger partial charge on any atom is 0.284 e. The zero-order chi connectivity index (χ0) is 26.4. The van der Waals surface area contributed by atoms with E-state index in [2.05, 4.69) is 35.2 Å². The topological polar surface area (TPSA) is 79.2 Å². The second-order valence-corrected chi connectivity index (χ2v) is 12.0. The first-order valence-electron chi connectivity index (χ1n) is 13.1. The minimum Gasteiger partial charge on any atom is -0.491 e. The Bertz CT molecular complexity index is 1220. The van der Waals surface area contributed by atoms with Crippen LogP contribution in [0, 0.1) is 11.8 Å². The molecular formula is C29H37ClN2O4S. The summed E-state index contributed by atoms with van der Waals surface area (Å²) < 4.78 is 22.7. The van der Waals surface area contributed by atoms with Crippen LogP contribution in [0.25, 0.3) is 0 Å². The largest absolute Gasteiger partial charge is 0.491 e. The zero-order valence-corrected chi connectivity index (χ0v) is 23.3. The monoisotopic (exact) mass is 544 g/mol. The van der Waals surface area contributed by atoms with Gasteiger partial charge < -0.3 is 14.7 Å². The number of aliphatic hydroxyl groups is 1. The SMILES string of the molecule is C[C@H]1C/C=C/[C@@H](O)CC/[SH](=O)=N\C(=O)c2ccc3c(c2)N(Cc2ccc(Cl)cc2CCCCO3)C[C@@H]1C. The summed E-state index contributed by atoms with van der Waals surface area (Å²) in [6, 6.07) is 11.5. The van der Waals surface area contributed by atoms with Crippen LogP contribution in [-0.2, 0) is 23.6 Å². The van der Waals surface area contributed by atoms with Crippen molar-refractivity contribution in [1.29, 1.82) is 0 Å². The Morgan fingerprint density at radius 2 is 1.95 bits per heavy atom. The number of benzene rings is 2. The predicted octanol–water partition coefficient (Wildman–Crippen LogP) is 5.85. The number of nitrogens with zero attached hydrogens (tertiary/aromatic N) is 2. The van der Waals surface area contributed by atoms with Crippen molar-refractivity contribution < 1.29 is 18.8 Å². The molecule has 0 saturated carbocycles. The van der Waals surface area contributed by atoms with Crippen molar-refractivity contribution in [3.05, 3.63) is 70.3 Å². The fourth-order valence-corrected chi connectivity index (χ4v) is 5.91. The van der Waals surface area contributed by atoms with Crippen molar-refractivity contribution in [2.45, 2.75) is 58.6 Å². The molecule has 8 heteroatoms. The second kappa shape index (κ2) is 12.9. The number of thiol groups is 1. The van der Waals surface area contributed by atoms with Crippen LogP contribution in [0.2, 0.25) is 5.02 Å². The zero-order valence-electron chi connectivity index (χ0n) is 21.6. The maximum absolute atomic E-state index is 13.0.